The Morgan fingerprint density at radius 2 is 2.00 bits per heavy atom. The van der Waals surface area contributed by atoms with Crippen LogP contribution >= 0.6 is 11.6 Å². The Bertz CT molecular complexity index is 1250. The lowest BCUT2D eigenvalue weighted by Gasteiger charge is -2.33. The standard InChI is InChI=1S/C26H24ClN3O3/c1-16-17(27)7-4-9-18(16)29-24(32)15-30-21-11-3-2-8-19(21)28-20-10-5-12-22(31)25(20)26(30)23-13-6-14-33-23/h2-4,6-9,11,13-14,26,28H,5,10,12,15H2,1H3,(H,29,32)/t26-/m0/s1. The summed E-state index contributed by atoms with van der Waals surface area (Å²) in [6.07, 6.45) is 3.65. The number of halogens is 1. The molecule has 2 aromatic carbocycles. The molecule has 7 heteroatoms. The third-order valence-electron chi connectivity index (χ3n) is 6.21. The number of rotatable bonds is 4. The molecule has 0 saturated carbocycles. The van der Waals surface area contributed by atoms with Crippen LogP contribution < -0.4 is 15.5 Å². The number of para-hydroxylation sites is 2. The summed E-state index contributed by atoms with van der Waals surface area (Å²) in [5.74, 6) is 0.496. The number of allylic oxidation sites excluding steroid dienone is 1. The molecule has 0 radical (unpaired) electrons. The van der Waals surface area contributed by atoms with Gasteiger partial charge in [0.05, 0.1) is 24.2 Å². The highest BCUT2D eigenvalue weighted by Crippen LogP contribution is 2.44. The summed E-state index contributed by atoms with van der Waals surface area (Å²) in [4.78, 5) is 28.4. The van der Waals surface area contributed by atoms with Crippen LogP contribution in [0.4, 0.5) is 17.1 Å². The zero-order valence-electron chi connectivity index (χ0n) is 18.2. The van der Waals surface area contributed by atoms with Crippen molar-refractivity contribution in [1.29, 1.82) is 0 Å². The molecule has 33 heavy (non-hydrogen) atoms. The van der Waals surface area contributed by atoms with E-state index in [-0.39, 0.29) is 18.2 Å². The number of fused-ring (bicyclic) bond motifs is 1. The molecule has 5 rings (SSSR count). The van der Waals surface area contributed by atoms with E-state index in [0.717, 1.165) is 35.5 Å². The van der Waals surface area contributed by atoms with E-state index in [2.05, 4.69) is 10.6 Å². The maximum atomic E-state index is 13.3. The summed E-state index contributed by atoms with van der Waals surface area (Å²) >= 11 is 6.23. The Kier molecular flexibility index (Phi) is 5.68. The first-order valence-electron chi connectivity index (χ1n) is 11.0. The molecule has 1 aliphatic carbocycles. The highest BCUT2D eigenvalue weighted by Gasteiger charge is 2.38. The third-order valence-corrected chi connectivity index (χ3v) is 6.62. The van der Waals surface area contributed by atoms with Gasteiger partial charge in [0.1, 0.15) is 11.8 Å². The number of benzene rings is 2. The molecule has 3 aromatic rings. The number of ketones is 1. The van der Waals surface area contributed by atoms with E-state index >= 15 is 0 Å². The quantitative estimate of drug-likeness (QED) is 0.509. The van der Waals surface area contributed by atoms with E-state index in [1.54, 1.807) is 24.5 Å². The number of nitrogens with one attached hydrogen (secondary N) is 2. The molecule has 2 aliphatic rings. The number of carbonyl (C=O) groups is 2. The van der Waals surface area contributed by atoms with E-state index in [1.165, 1.54) is 0 Å². The monoisotopic (exact) mass is 461 g/mol. The van der Waals surface area contributed by atoms with Crippen molar-refractivity contribution in [3.63, 3.8) is 0 Å². The zero-order chi connectivity index (χ0) is 22.9. The molecular formula is C26H24ClN3O3. The van der Waals surface area contributed by atoms with Crippen molar-refractivity contribution in [1.82, 2.24) is 0 Å². The molecule has 1 aromatic heterocycles. The Balaban J connectivity index is 1.58. The van der Waals surface area contributed by atoms with E-state index < -0.39 is 6.04 Å². The Morgan fingerprint density at radius 3 is 2.82 bits per heavy atom. The van der Waals surface area contributed by atoms with E-state index in [9.17, 15) is 9.59 Å². The molecule has 0 fully saturated rings. The van der Waals surface area contributed by atoms with Crippen molar-refractivity contribution >= 4 is 40.4 Å². The van der Waals surface area contributed by atoms with Gasteiger partial charge in [0.2, 0.25) is 5.91 Å². The minimum Gasteiger partial charge on any atom is -0.467 e. The van der Waals surface area contributed by atoms with Gasteiger partial charge in [0, 0.05) is 28.4 Å². The maximum Gasteiger partial charge on any atom is 0.243 e. The first-order valence-corrected chi connectivity index (χ1v) is 11.4. The molecule has 168 valence electrons. The van der Waals surface area contributed by atoms with E-state index in [0.29, 0.717) is 28.5 Å². The average molecular weight is 462 g/mol. The van der Waals surface area contributed by atoms with Gasteiger partial charge in [-0.3, -0.25) is 9.59 Å². The molecule has 6 nitrogen and oxygen atoms in total. The number of furan rings is 1. The van der Waals surface area contributed by atoms with Crippen LogP contribution in [-0.2, 0) is 9.59 Å². The summed E-state index contributed by atoms with van der Waals surface area (Å²) in [5.41, 5.74) is 4.73. The molecule has 0 bridgehead atoms. The fraction of sp³-hybridized carbons (Fsp3) is 0.231. The Hall–Kier alpha value is -3.51. The molecule has 2 heterocycles. The lowest BCUT2D eigenvalue weighted by molar-refractivity contribution is -0.117. The minimum atomic E-state index is -0.509. The number of carbonyl (C=O) groups excluding carboxylic acids is 2. The van der Waals surface area contributed by atoms with Crippen molar-refractivity contribution in [2.75, 3.05) is 22.1 Å². The molecular weight excluding hydrogens is 438 g/mol. The topological polar surface area (TPSA) is 74.6 Å². The predicted octanol–water partition coefficient (Wildman–Crippen LogP) is 5.86. The van der Waals surface area contributed by atoms with Crippen LogP contribution in [0.2, 0.25) is 5.02 Å². The van der Waals surface area contributed by atoms with Crippen molar-refractivity contribution in [3.8, 4) is 0 Å². The number of anilines is 3. The van der Waals surface area contributed by atoms with Gasteiger partial charge in [-0.05, 0) is 61.7 Å². The van der Waals surface area contributed by atoms with Gasteiger partial charge >= 0.3 is 0 Å². The zero-order valence-corrected chi connectivity index (χ0v) is 19.0. The van der Waals surface area contributed by atoms with E-state index in [4.69, 9.17) is 16.0 Å². The van der Waals surface area contributed by atoms with Gasteiger partial charge in [0.15, 0.2) is 5.78 Å². The van der Waals surface area contributed by atoms with Crippen LogP contribution in [-0.4, -0.2) is 18.2 Å². The second kappa shape index (κ2) is 8.79. The van der Waals surface area contributed by atoms with Crippen molar-refractivity contribution in [2.24, 2.45) is 0 Å². The fourth-order valence-electron chi connectivity index (χ4n) is 4.60. The molecule has 0 unspecified atom stereocenters. The second-order valence-corrected chi connectivity index (χ2v) is 8.72. The first-order chi connectivity index (χ1) is 16.0. The second-order valence-electron chi connectivity index (χ2n) is 8.32. The largest absolute Gasteiger partial charge is 0.467 e. The van der Waals surface area contributed by atoms with Crippen LogP contribution in [0.5, 0.6) is 0 Å². The summed E-state index contributed by atoms with van der Waals surface area (Å²) in [7, 11) is 0. The Labute approximate surface area is 197 Å². The molecule has 2 N–H and O–H groups in total. The van der Waals surface area contributed by atoms with Crippen LogP contribution in [0.3, 0.4) is 0 Å². The number of amides is 1. The van der Waals surface area contributed by atoms with Crippen molar-refractivity contribution < 1.29 is 14.0 Å². The first kappa shape index (κ1) is 21.3. The van der Waals surface area contributed by atoms with Crippen LogP contribution in [0.1, 0.15) is 36.6 Å². The number of Topliss-reactive ketones (excluding diaryl/α,β-unsaturated/α-hetero) is 1. The number of nitrogens with zero attached hydrogens (tertiary/aromatic N) is 1. The summed E-state index contributed by atoms with van der Waals surface area (Å²) < 4.78 is 5.80. The number of hydrogen-bond acceptors (Lipinski definition) is 5. The van der Waals surface area contributed by atoms with Crippen molar-refractivity contribution in [3.05, 3.63) is 88.5 Å². The van der Waals surface area contributed by atoms with E-state index in [1.807, 2.05) is 48.2 Å². The third kappa shape index (κ3) is 4.02. The molecule has 1 atom stereocenters. The van der Waals surface area contributed by atoms with Gasteiger partial charge in [-0.15, -0.1) is 0 Å². The molecule has 1 aliphatic heterocycles. The van der Waals surface area contributed by atoms with Gasteiger partial charge in [0.25, 0.3) is 0 Å². The lowest BCUT2D eigenvalue weighted by Crippen LogP contribution is -2.38. The summed E-state index contributed by atoms with van der Waals surface area (Å²) in [5, 5.41) is 7.05. The highest BCUT2D eigenvalue weighted by molar-refractivity contribution is 6.31. The smallest absolute Gasteiger partial charge is 0.243 e. The van der Waals surface area contributed by atoms with Crippen LogP contribution in [0.15, 0.2) is 76.5 Å². The fourth-order valence-corrected chi connectivity index (χ4v) is 4.78. The lowest BCUT2D eigenvalue weighted by atomic mass is 9.88. The SMILES string of the molecule is Cc1c(Cl)cccc1NC(=O)CN1c2ccccc2NC2=C(C(=O)CCC2)[C@@H]1c1ccco1. The van der Waals surface area contributed by atoms with Crippen LogP contribution in [0, 0.1) is 6.92 Å². The number of hydrogen-bond donors (Lipinski definition) is 2. The van der Waals surface area contributed by atoms with Crippen LogP contribution in [0.25, 0.3) is 0 Å². The summed E-state index contributed by atoms with van der Waals surface area (Å²) in [6, 6.07) is 16.4. The maximum absolute atomic E-state index is 13.3. The molecule has 1 amide bonds. The highest BCUT2D eigenvalue weighted by atomic mass is 35.5. The normalized spacial score (nSPS) is 17.7. The Morgan fingerprint density at radius 1 is 1.15 bits per heavy atom. The van der Waals surface area contributed by atoms with Gasteiger partial charge in [-0.2, -0.15) is 0 Å². The molecule has 0 saturated heterocycles. The average Bonchev–Trinajstić information content (AvgIpc) is 3.29. The van der Waals surface area contributed by atoms with Gasteiger partial charge < -0.3 is 20.0 Å². The van der Waals surface area contributed by atoms with Crippen molar-refractivity contribution in [2.45, 2.75) is 32.2 Å². The van der Waals surface area contributed by atoms with Gasteiger partial charge in [-0.25, -0.2) is 0 Å². The molecule has 0 spiro atoms. The predicted molar refractivity (Wildman–Crippen MR) is 130 cm³/mol. The summed E-state index contributed by atoms with van der Waals surface area (Å²) in [6.45, 7) is 1.90. The van der Waals surface area contributed by atoms with Gasteiger partial charge in [-0.1, -0.05) is 29.8 Å². The minimum absolute atomic E-state index is 0.0279.